The van der Waals surface area contributed by atoms with Crippen molar-refractivity contribution in [3.05, 3.63) is 23.8 Å². The minimum absolute atomic E-state index is 0.0955. The molecule has 1 aromatic carbocycles. The van der Waals surface area contributed by atoms with Crippen molar-refractivity contribution in [2.75, 3.05) is 0 Å². The van der Waals surface area contributed by atoms with Gasteiger partial charge in [0.25, 0.3) is 0 Å². The fraction of sp³-hybridized carbons (Fsp3) is 0.455. The summed E-state index contributed by atoms with van der Waals surface area (Å²) in [5, 5.41) is 19.1. The molecule has 4 N–H and O–H groups in total. The fourth-order valence-corrected chi connectivity index (χ4v) is 1.75. The first kappa shape index (κ1) is 9.34. The lowest BCUT2D eigenvalue weighted by Gasteiger charge is -2.14. The van der Waals surface area contributed by atoms with E-state index >= 15 is 0 Å². The molecule has 0 amide bonds. The third kappa shape index (κ3) is 1.82. The second kappa shape index (κ2) is 3.50. The van der Waals surface area contributed by atoms with E-state index in [4.69, 9.17) is 5.73 Å². The second-order valence-electron chi connectivity index (χ2n) is 4.00. The Morgan fingerprint density at radius 1 is 1.29 bits per heavy atom. The van der Waals surface area contributed by atoms with Crippen LogP contribution >= 0.6 is 0 Å². The Labute approximate surface area is 83.2 Å². The van der Waals surface area contributed by atoms with E-state index in [1.165, 1.54) is 12.8 Å². The molecule has 0 radical (unpaired) electrons. The summed E-state index contributed by atoms with van der Waals surface area (Å²) in [6, 6.07) is 4.48. The third-order valence-corrected chi connectivity index (χ3v) is 2.72. The van der Waals surface area contributed by atoms with E-state index < -0.39 is 0 Å². The number of benzene rings is 1. The number of phenolic OH excluding ortho intramolecular Hbond substituents is 2. The SMILES string of the molecule is N[C@H](CC1CC1)c1c(O)cccc1O. The molecule has 0 saturated heterocycles. The van der Waals surface area contributed by atoms with Crippen LogP contribution in [0.25, 0.3) is 0 Å². The highest BCUT2D eigenvalue weighted by atomic mass is 16.3. The van der Waals surface area contributed by atoms with Gasteiger partial charge in [0.2, 0.25) is 0 Å². The average molecular weight is 193 g/mol. The maximum Gasteiger partial charge on any atom is 0.124 e. The van der Waals surface area contributed by atoms with Crippen molar-refractivity contribution in [1.29, 1.82) is 0 Å². The van der Waals surface area contributed by atoms with Gasteiger partial charge in [-0.25, -0.2) is 0 Å². The molecule has 0 heterocycles. The number of hydrogen-bond donors (Lipinski definition) is 3. The topological polar surface area (TPSA) is 66.5 Å². The maximum absolute atomic E-state index is 9.56. The van der Waals surface area contributed by atoms with Crippen molar-refractivity contribution in [2.24, 2.45) is 11.7 Å². The fourth-order valence-electron chi connectivity index (χ4n) is 1.75. The molecular formula is C11H15NO2. The van der Waals surface area contributed by atoms with Gasteiger partial charge in [-0.1, -0.05) is 18.9 Å². The van der Waals surface area contributed by atoms with Gasteiger partial charge >= 0.3 is 0 Å². The Hall–Kier alpha value is -1.22. The van der Waals surface area contributed by atoms with Crippen molar-refractivity contribution >= 4 is 0 Å². The highest BCUT2D eigenvalue weighted by Gasteiger charge is 2.26. The van der Waals surface area contributed by atoms with Crippen LogP contribution in [0.4, 0.5) is 0 Å². The molecule has 76 valence electrons. The van der Waals surface area contributed by atoms with Gasteiger partial charge in [0.15, 0.2) is 0 Å². The molecule has 14 heavy (non-hydrogen) atoms. The second-order valence-corrected chi connectivity index (χ2v) is 4.00. The number of rotatable bonds is 3. The predicted octanol–water partition coefficient (Wildman–Crippen LogP) is 1.90. The lowest BCUT2D eigenvalue weighted by molar-refractivity contribution is 0.422. The summed E-state index contributed by atoms with van der Waals surface area (Å²) in [6.07, 6.45) is 3.30. The van der Waals surface area contributed by atoms with Crippen LogP contribution in [0, 0.1) is 5.92 Å². The van der Waals surface area contributed by atoms with Gasteiger partial charge in [0.1, 0.15) is 11.5 Å². The molecule has 0 aliphatic heterocycles. The van der Waals surface area contributed by atoms with Crippen LogP contribution < -0.4 is 5.73 Å². The monoisotopic (exact) mass is 193 g/mol. The van der Waals surface area contributed by atoms with Crippen LogP contribution in [0.2, 0.25) is 0 Å². The molecule has 0 spiro atoms. The van der Waals surface area contributed by atoms with Crippen molar-refractivity contribution < 1.29 is 10.2 Å². The quantitative estimate of drug-likeness (QED) is 0.686. The first-order chi connectivity index (χ1) is 6.68. The van der Waals surface area contributed by atoms with Gasteiger partial charge in [-0.3, -0.25) is 0 Å². The zero-order chi connectivity index (χ0) is 10.1. The molecular weight excluding hydrogens is 178 g/mol. The van der Waals surface area contributed by atoms with E-state index in [9.17, 15) is 10.2 Å². The molecule has 3 nitrogen and oxygen atoms in total. The first-order valence-electron chi connectivity index (χ1n) is 4.95. The molecule has 0 aromatic heterocycles. The average Bonchev–Trinajstić information content (AvgIpc) is 2.87. The summed E-state index contributed by atoms with van der Waals surface area (Å²) in [5.74, 6) is 0.875. The van der Waals surface area contributed by atoms with Crippen molar-refractivity contribution in [1.82, 2.24) is 0 Å². The first-order valence-corrected chi connectivity index (χ1v) is 4.95. The van der Waals surface area contributed by atoms with E-state index in [1.807, 2.05) is 0 Å². The van der Waals surface area contributed by atoms with E-state index in [0.717, 1.165) is 6.42 Å². The Kier molecular flexibility index (Phi) is 2.33. The maximum atomic E-state index is 9.56. The van der Waals surface area contributed by atoms with E-state index in [1.54, 1.807) is 18.2 Å². The van der Waals surface area contributed by atoms with Crippen LogP contribution in [0.15, 0.2) is 18.2 Å². The molecule has 3 heteroatoms. The van der Waals surface area contributed by atoms with E-state index in [2.05, 4.69) is 0 Å². The minimum atomic E-state index is -0.247. The van der Waals surface area contributed by atoms with E-state index in [-0.39, 0.29) is 17.5 Å². The largest absolute Gasteiger partial charge is 0.507 e. The van der Waals surface area contributed by atoms with Gasteiger partial charge in [-0.15, -0.1) is 0 Å². The molecule has 1 aliphatic rings. The summed E-state index contributed by atoms with van der Waals surface area (Å²) < 4.78 is 0. The molecule has 1 aromatic rings. The molecule has 1 atom stereocenters. The van der Waals surface area contributed by atoms with Crippen molar-refractivity contribution in [2.45, 2.75) is 25.3 Å². The zero-order valence-electron chi connectivity index (χ0n) is 7.98. The number of aromatic hydroxyl groups is 2. The molecule has 0 bridgehead atoms. The molecule has 2 rings (SSSR count). The summed E-state index contributed by atoms with van der Waals surface area (Å²) in [5.41, 5.74) is 6.40. The number of hydrogen-bond acceptors (Lipinski definition) is 3. The van der Waals surface area contributed by atoms with Crippen LogP contribution in [0.5, 0.6) is 11.5 Å². The zero-order valence-corrected chi connectivity index (χ0v) is 7.98. The Morgan fingerprint density at radius 2 is 1.86 bits per heavy atom. The summed E-state index contributed by atoms with van der Waals surface area (Å²) in [7, 11) is 0. The normalized spacial score (nSPS) is 18.1. The molecule has 1 aliphatic carbocycles. The highest BCUT2D eigenvalue weighted by Crippen LogP contribution is 2.40. The minimum Gasteiger partial charge on any atom is -0.507 e. The third-order valence-electron chi connectivity index (χ3n) is 2.72. The van der Waals surface area contributed by atoms with E-state index in [0.29, 0.717) is 11.5 Å². The van der Waals surface area contributed by atoms with Gasteiger partial charge in [-0.05, 0) is 24.5 Å². The standard InChI is InChI=1S/C11H15NO2/c12-8(6-7-4-5-7)11-9(13)2-1-3-10(11)14/h1-3,7-8,13-14H,4-6,12H2/t8-/m1/s1. The van der Waals surface area contributed by atoms with Gasteiger partial charge in [-0.2, -0.15) is 0 Å². The number of nitrogens with two attached hydrogens (primary N) is 1. The summed E-state index contributed by atoms with van der Waals surface area (Å²) in [4.78, 5) is 0. The lowest BCUT2D eigenvalue weighted by atomic mass is 10.0. The molecule has 1 fully saturated rings. The smallest absolute Gasteiger partial charge is 0.124 e. The Bertz CT molecular complexity index is 314. The van der Waals surface area contributed by atoms with Crippen LogP contribution in [-0.4, -0.2) is 10.2 Å². The summed E-state index contributed by atoms with van der Waals surface area (Å²) >= 11 is 0. The molecule has 0 unspecified atom stereocenters. The highest BCUT2D eigenvalue weighted by molar-refractivity contribution is 5.45. The lowest BCUT2D eigenvalue weighted by Crippen LogP contribution is -2.11. The van der Waals surface area contributed by atoms with Crippen molar-refractivity contribution in [3.8, 4) is 11.5 Å². The van der Waals surface area contributed by atoms with Crippen LogP contribution in [0.1, 0.15) is 30.9 Å². The summed E-state index contributed by atoms with van der Waals surface area (Å²) in [6.45, 7) is 0. The predicted molar refractivity (Wildman–Crippen MR) is 54.0 cm³/mol. The van der Waals surface area contributed by atoms with Crippen molar-refractivity contribution in [3.63, 3.8) is 0 Å². The molecule has 1 saturated carbocycles. The van der Waals surface area contributed by atoms with Gasteiger partial charge in [0, 0.05) is 6.04 Å². The number of phenols is 2. The van der Waals surface area contributed by atoms with Crippen LogP contribution in [-0.2, 0) is 0 Å². The Morgan fingerprint density at radius 3 is 2.36 bits per heavy atom. The Balaban J connectivity index is 2.19. The van der Waals surface area contributed by atoms with Gasteiger partial charge < -0.3 is 15.9 Å². The van der Waals surface area contributed by atoms with Crippen LogP contribution in [0.3, 0.4) is 0 Å². The van der Waals surface area contributed by atoms with Gasteiger partial charge in [0.05, 0.1) is 5.56 Å².